The van der Waals surface area contributed by atoms with Crippen molar-refractivity contribution >= 4 is 54.0 Å². The Morgan fingerprint density at radius 1 is 1.14 bits per heavy atom. The smallest absolute Gasteiger partial charge is 0.306 e. The third kappa shape index (κ3) is 2.19. The third-order valence-corrected chi connectivity index (χ3v) is 6.51. The highest BCUT2D eigenvalue weighted by molar-refractivity contribution is 7.33. The van der Waals surface area contributed by atoms with Crippen LogP contribution in [-0.2, 0) is 4.79 Å². The van der Waals surface area contributed by atoms with Crippen LogP contribution in [-0.4, -0.2) is 23.0 Å². The number of benzene rings is 1. The van der Waals surface area contributed by atoms with Crippen LogP contribution in [0.25, 0.3) is 19.5 Å². The van der Waals surface area contributed by atoms with Crippen molar-refractivity contribution in [2.24, 2.45) is 5.92 Å². The van der Waals surface area contributed by atoms with Crippen molar-refractivity contribution < 1.29 is 14.7 Å². The quantitative estimate of drug-likeness (QED) is 0.769. The second-order valence-corrected chi connectivity index (χ2v) is 7.72. The van der Waals surface area contributed by atoms with E-state index < -0.39 is 5.97 Å². The molecule has 1 fully saturated rings. The van der Waals surface area contributed by atoms with Crippen molar-refractivity contribution in [3.63, 3.8) is 0 Å². The lowest BCUT2D eigenvalue weighted by molar-refractivity contribution is -0.145. The summed E-state index contributed by atoms with van der Waals surface area (Å²) in [6.07, 6.45) is 1.06. The lowest BCUT2D eigenvalue weighted by Gasteiger charge is -2.32. The van der Waals surface area contributed by atoms with Crippen LogP contribution in [0.1, 0.15) is 22.5 Å². The maximum atomic E-state index is 12.3. The number of hydrogen-bond donors (Lipinski definition) is 2. The van der Waals surface area contributed by atoms with Crippen LogP contribution >= 0.6 is 22.7 Å². The minimum absolute atomic E-state index is 0.00881. The fourth-order valence-electron chi connectivity index (χ4n) is 2.81. The van der Waals surface area contributed by atoms with Crippen LogP contribution in [0.5, 0.6) is 0 Å². The summed E-state index contributed by atoms with van der Waals surface area (Å²) in [5.41, 5.74) is 0. The molecule has 1 aliphatic carbocycles. The van der Waals surface area contributed by atoms with Crippen LogP contribution in [0.3, 0.4) is 0 Å². The van der Waals surface area contributed by atoms with E-state index in [9.17, 15) is 9.59 Å². The van der Waals surface area contributed by atoms with Gasteiger partial charge in [0.1, 0.15) is 0 Å². The van der Waals surface area contributed by atoms with E-state index in [-0.39, 0.29) is 17.9 Å². The first-order valence-corrected chi connectivity index (χ1v) is 8.70. The van der Waals surface area contributed by atoms with Crippen LogP contribution < -0.4 is 5.32 Å². The van der Waals surface area contributed by atoms with E-state index in [1.54, 1.807) is 11.3 Å². The lowest BCUT2D eigenvalue weighted by atomic mass is 9.80. The van der Waals surface area contributed by atoms with Crippen molar-refractivity contribution in [1.82, 2.24) is 5.32 Å². The van der Waals surface area contributed by atoms with Crippen molar-refractivity contribution in [2.75, 3.05) is 0 Å². The van der Waals surface area contributed by atoms with Crippen LogP contribution in [0.4, 0.5) is 0 Å². The Kier molecular flexibility index (Phi) is 3.16. The largest absolute Gasteiger partial charge is 0.481 e. The van der Waals surface area contributed by atoms with Gasteiger partial charge in [-0.2, -0.15) is 0 Å². The minimum Gasteiger partial charge on any atom is -0.481 e. The van der Waals surface area contributed by atoms with Crippen LogP contribution in [0.15, 0.2) is 30.3 Å². The average molecular weight is 331 g/mol. The number of hydrogen-bond acceptors (Lipinski definition) is 4. The molecule has 3 aromatic rings. The van der Waals surface area contributed by atoms with E-state index in [0.29, 0.717) is 17.7 Å². The number of rotatable bonds is 3. The zero-order chi connectivity index (χ0) is 15.3. The summed E-state index contributed by atoms with van der Waals surface area (Å²) >= 11 is 3.20. The molecule has 1 saturated carbocycles. The van der Waals surface area contributed by atoms with E-state index in [4.69, 9.17) is 5.11 Å². The van der Waals surface area contributed by atoms with Crippen LogP contribution in [0.2, 0.25) is 0 Å². The lowest BCUT2D eigenvalue weighted by Crippen LogP contribution is -2.46. The molecule has 0 atom stereocenters. The number of amides is 1. The van der Waals surface area contributed by atoms with Gasteiger partial charge in [-0.05, 0) is 25.0 Å². The highest BCUT2D eigenvalue weighted by atomic mass is 32.1. The Labute approximate surface area is 134 Å². The van der Waals surface area contributed by atoms with Crippen molar-refractivity contribution in [3.05, 3.63) is 35.2 Å². The molecule has 4 nitrogen and oxygen atoms in total. The maximum Gasteiger partial charge on any atom is 0.306 e. The van der Waals surface area contributed by atoms with Gasteiger partial charge in [-0.1, -0.05) is 18.2 Å². The Hall–Kier alpha value is -1.92. The predicted octanol–water partition coefficient (Wildman–Crippen LogP) is 3.71. The molecule has 0 aliphatic heterocycles. The average Bonchev–Trinajstić information content (AvgIpc) is 2.99. The van der Waals surface area contributed by atoms with Gasteiger partial charge in [-0.3, -0.25) is 9.59 Å². The molecular weight excluding hydrogens is 318 g/mol. The van der Waals surface area contributed by atoms with Gasteiger partial charge in [0.15, 0.2) is 0 Å². The molecule has 1 aromatic carbocycles. The molecule has 112 valence electrons. The van der Waals surface area contributed by atoms with E-state index >= 15 is 0 Å². The Morgan fingerprint density at radius 3 is 2.68 bits per heavy atom. The third-order valence-electron chi connectivity index (χ3n) is 4.10. The second-order valence-electron chi connectivity index (χ2n) is 5.58. The SMILES string of the molecule is O=C(NC1CC(C(=O)O)C1)c1cc2sc3ccccc3c2s1. The molecule has 6 heteroatoms. The van der Waals surface area contributed by atoms with E-state index in [2.05, 4.69) is 17.4 Å². The van der Waals surface area contributed by atoms with E-state index in [1.165, 1.54) is 21.4 Å². The Bertz CT molecular complexity index is 889. The van der Waals surface area contributed by atoms with Gasteiger partial charge in [0.05, 0.1) is 15.5 Å². The summed E-state index contributed by atoms with van der Waals surface area (Å²) in [6.45, 7) is 0. The van der Waals surface area contributed by atoms with Gasteiger partial charge >= 0.3 is 5.97 Å². The van der Waals surface area contributed by atoms with Crippen molar-refractivity contribution in [3.8, 4) is 0 Å². The fourth-order valence-corrected chi connectivity index (χ4v) is 5.23. The number of fused-ring (bicyclic) bond motifs is 3. The summed E-state index contributed by atoms with van der Waals surface area (Å²) in [5, 5.41) is 13.0. The van der Waals surface area contributed by atoms with E-state index in [1.807, 2.05) is 18.2 Å². The maximum absolute atomic E-state index is 12.3. The number of carboxylic acid groups (broad SMARTS) is 1. The normalized spacial score (nSPS) is 20.9. The molecule has 2 heterocycles. The summed E-state index contributed by atoms with van der Waals surface area (Å²) in [6, 6.07) is 10.1. The van der Waals surface area contributed by atoms with Gasteiger partial charge in [0.25, 0.3) is 5.91 Å². The standard InChI is InChI=1S/C16H13NO3S2/c18-15(17-9-5-8(6-9)16(19)20)13-7-12-14(22-13)10-3-1-2-4-11(10)21-12/h1-4,7-9H,5-6H2,(H,17,18)(H,19,20). The first kappa shape index (κ1) is 13.7. The molecule has 1 amide bonds. The molecule has 22 heavy (non-hydrogen) atoms. The topological polar surface area (TPSA) is 66.4 Å². The van der Waals surface area contributed by atoms with E-state index in [0.717, 1.165) is 9.40 Å². The molecule has 2 N–H and O–H groups in total. The molecule has 0 saturated heterocycles. The first-order chi connectivity index (χ1) is 10.6. The number of carbonyl (C=O) groups excluding carboxylic acids is 1. The molecule has 4 rings (SSSR count). The summed E-state index contributed by atoms with van der Waals surface area (Å²) in [5.74, 6) is -1.17. The molecular formula is C16H13NO3S2. The van der Waals surface area contributed by atoms with Gasteiger partial charge in [-0.25, -0.2) is 0 Å². The zero-order valence-corrected chi connectivity index (χ0v) is 13.2. The first-order valence-electron chi connectivity index (χ1n) is 7.06. The fraction of sp³-hybridized carbons (Fsp3) is 0.250. The zero-order valence-electron chi connectivity index (χ0n) is 11.5. The van der Waals surface area contributed by atoms with Crippen LogP contribution in [0, 0.1) is 5.92 Å². The molecule has 0 radical (unpaired) electrons. The number of nitrogens with one attached hydrogen (secondary N) is 1. The summed E-state index contributed by atoms with van der Waals surface area (Å²) in [4.78, 5) is 23.8. The highest BCUT2D eigenvalue weighted by Crippen LogP contribution is 2.39. The van der Waals surface area contributed by atoms with Crippen molar-refractivity contribution in [1.29, 1.82) is 0 Å². The van der Waals surface area contributed by atoms with Gasteiger partial charge in [-0.15, -0.1) is 22.7 Å². The number of carboxylic acids is 1. The summed E-state index contributed by atoms with van der Waals surface area (Å²) < 4.78 is 3.52. The number of aliphatic carboxylic acids is 1. The van der Waals surface area contributed by atoms with Gasteiger partial charge in [0.2, 0.25) is 0 Å². The highest BCUT2D eigenvalue weighted by Gasteiger charge is 2.35. The molecule has 1 aliphatic rings. The minimum atomic E-state index is -0.770. The van der Waals surface area contributed by atoms with Gasteiger partial charge in [0, 0.05) is 20.8 Å². The molecule has 2 aromatic heterocycles. The summed E-state index contributed by atoms with van der Waals surface area (Å²) in [7, 11) is 0. The number of carbonyl (C=O) groups is 2. The molecule has 0 spiro atoms. The monoisotopic (exact) mass is 331 g/mol. The number of thiophene rings is 2. The molecule has 0 bridgehead atoms. The molecule has 0 unspecified atom stereocenters. The second kappa shape index (κ2) is 5.07. The Morgan fingerprint density at radius 2 is 1.91 bits per heavy atom. The predicted molar refractivity (Wildman–Crippen MR) is 88.8 cm³/mol. The van der Waals surface area contributed by atoms with Gasteiger partial charge < -0.3 is 10.4 Å². The Balaban J connectivity index is 1.54. The van der Waals surface area contributed by atoms with Crippen molar-refractivity contribution in [2.45, 2.75) is 18.9 Å².